The highest BCUT2D eigenvalue weighted by atomic mass is 16.6. The lowest BCUT2D eigenvalue weighted by Gasteiger charge is -2.52. The van der Waals surface area contributed by atoms with Gasteiger partial charge in [-0.2, -0.15) is 0 Å². The van der Waals surface area contributed by atoms with Crippen LogP contribution in [-0.2, 0) is 30.2 Å². The van der Waals surface area contributed by atoms with Gasteiger partial charge in [-0.3, -0.25) is 4.79 Å². The van der Waals surface area contributed by atoms with Crippen molar-refractivity contribution in [2.45, 2.75) is 78.3 Å². The first-order valence-corrected chi connectivity index (χ1v) is 9.91. The molecule has 2 heterocycles. The molecule has 0 N–H and O–H groups in total. The molecule has 1 aromatic heterocycles. The quantitative estimate of drug-likeness (QED) is 0.445. The minimum atomic E-state index is -0.530. The Hall–Kier alpha value is -2.08. The number of esters is 2. The van der Waals surface area contributed by atoms with Crippen LogP contribution in [0.1, 0.15) is 64.0 Å². The molecule has 1 aromatic rings. The molecule has 6 atom stereocenters. The monoisotopic (exact) mass is 388 g/mol. The number of carbonyl (C=O) groups is 2. The highest BCUT2D eigenvalue weighted by Crippen LogP contribution is 2.70. The first-order chi connectivity index (χ1) is 13.2. The molecule has 0 bridgehead atoms. The molecule has 0 aromatic carbocycles. The van der Waals surface area contributed by atoms with Gasteiger partial charge in [0.05, 0.1) is 12.4 Å². The van der Waals surface area contributed by atoms with Crippen molar-refractivity contribution in [3.05, 3.63) is 34.8 Å². The largest absolute Gasteiger partial charge is 0.469 e. The number of hydrogen-bond acceptors (Lipinski definition) is 6. The van der Waals surface area contributed by atoms with Crippen molar-refractivity contribution in [2.75, 3.05) is 0 Å². The SMILES string of the molecule is CC=C(C)C(=O)O[C@H]1C[C@H]2O[C@]23Cc2occ(C)c2[C@@H](OC(C)=O)[C@]3(C)[C@H]1C. The van der Waals surface area contributed by atoms with Gasteiger partial charge in [-0.05, 0) is 26.3 Å². The normalized spacial score (nSPS) is 38.7. The molecule has 0 unspecified atom stereocenters. The molecule has 2 fully saturated rings. The third-order valence-corrected chi connectivity index (χ3v) is 7.31. The minimum Gasteiger partial charge on any atom is -0.469 e. The fourth-order valence-corrected chi connectivity index (χ4v) is 5.31. The summed E-state index contributed by atoms with van der Waals surface area (Å²) < 4.78 is 23.8. The van der Waals surface area contributed by atoms with E-state index in [1.165, 1.54) is 6.92 Å². The second kappa shape index (κ2) is 6.21. The first kappa shape index (κ1) is 19.2. The van der Waals surface area contributed by atoms with Crippen LogP contribution in [0, 0.1) is 18.3 Å². The number of epoxide rings is 1. The van der Waals surface area contributed by atoms with Crippen LogP contribution in [0.4, 0.5) is 0 Å². The van der Waals surface area contributed by atoms with Gasteiger partial charge in [0.1, 0.15) is 23.6 Å². The summed E-state index contributed by atoms with van der Waals surface area (Å²) in [6.45, 7) is 11.1. The van der Waals surface area contributed by atoms with E-state index < -0.39 is 17.1 Å². The van der Waals surface area contributed by atoms with Gasteiger partial charge in [0.2, 0.25) is 0 Å². The number of rotatable bonds is 3. The van der Waals surface area contributed by atoms with E-state index in [1.807, 2.05) is 13.8 Å². The van der Waals surface area contributed by atoms with Gasteiger partial charge >= 0.3 is 11.9 Å². The van der Waals surface area contributed by atoms with Gasteiger partial charge in [0.15, 0.2) is 0 Å². The number of fused-ring (bicyclic) bond motifs is 1. The fraction of sp³-hybridized carbons (Fsp3) is 0.636. The number of furan rings is 1. The standard InChI is InChI=1S/C22H28O6/c1-7-11(2)20(24)27-15-8-17-22(28-17)9-16-18(12(3)10-25-16)19(26-14(5)23)21(22,6)13(15)4/h7,10,13,15,17,19H,8-9H2,1-6H3/t13-,15-,17+,19+,21-,22+/m0/s1. The molecule has 4 rings (SSSR count). The van der Waals surface area contributed by atoms with E-state index >= 15 is 0 Å². The number of aryl methyl sites for hydroxylation is 1. The van der Waals surface area contributed by atoms with E-state index in [-0.39, 0.29) is 30.1 Å². The molecule has 152 valence electrons. The average Bonchev–Trinajstić information content (AvgIpc) is 3.22. The van der Waals surface area contributed by atoms with Gasteiger partial charge in [0.25, 0.3) is 0 Å². The first-order valence-electron chi connectivity index (χ1n) is 9.91. The van der Waals surface area contributed by atoms with Crippen molar-refractivity contribution in [3.8, 4) is 0 Å². The summed E-state index contributed by atoms with van der Waals surface area (Å²) in [5, 5.41) is 0. The third kappa shape index (κ3) is 2.43. The second-order valence-corrected chi connectivity index (χ2v) is 8.64. The highest BCUT2D eigenvalue weighted by Gasteiger charge is 2.78. The summed E-state index contributed by atoms with van der Waals surface area (Å²) in [6, 6.07) is 0. The van der Waals surface area contributed by atoms with Crippen LogP contribution in [0.3, 0.4) is 0 Å². The van der Waals surface area contributed by atoms with E-state index in [2.05, 4.69) is 13.8 Å². The fourth-order valence-electron chi connectivity index (χ4n) is 5.31. The molecule has 6 heteroatoms. The highest BCUT2D eigenvalue weighted by molar-refractivity contribution is 5.87. The Morgan fingerprint density at radius 2 is 2.00 bits per heavy atom. The van der Waals surface area contributed by atoms with Gasteiger partial charge in [-0.15, -0.1) is 0 Å². The van der Waals surface area contributed by atoms with Crippen LogP contribution in [0.15, 0.2) is 22.3 Å². The molecule has 1 saturated heterocycles. The van der Waals surface area contributed by atoms with Crippen LogP contribution in [0.2, 0.25) is 0 Å². The summed E-state index contributed by atoms with van der Waals surface area (Å²) >= 11 is 0. The molecule has 6 nitrogen and oxygen atoms in total. The number of hydrogen-bond donors (Lipinski definition) is 0. The van der Waals surface area contributed by atoms with Crippen LogP contribution in [-0.4, -0.2) is 29.7 Å². The average molecular weight is 388 g/mol. The van der Waals surface area contributed by atoms with Crippen LogP contribution in [0.5, 0.6) is 0 Å². The van der Waals surface area contributed by atoms with E-state index in [0.717, 1.165) is 16.9 Å². The molecule has 28 heavy (non-hydrogen) atoms. The van der Waals surface area contributed by atoms with Gasteiger partial charge < -0.3 is 18.6 Å². The maximum Gasteiger partial charge on any atom is 0.333 e. The molecule has 1 saturated carbocycles. The van der Waals surface area contributed by atoms with Crippen molar-refractivity contribution >= 4 is 11.9 Å². The number of ether oxygens (including phenoxy) is 3. The Morgan fingerprint density at radius 3 is 2.64 bits per heavy atom. The van der Waals surface area contributed by atoms with E-state index in [0.29, 0.717) is 18.4 Å². The van der Waals surface area contributed by atoms with E-state index in [9.17, 15) is 9.59 Å². The Morgan fingerprint density at radius 1 is 1.29 bits per heavy atom. The summed E-state index contributed by atoms with van der Waals surface area (Å²) in [7, 11) is 0. The predicted molar refractivity (Wildman–Crippen MR) is 100 cm³/mol. The molecule has 1 spiro atoms. The second-order valence-electron chi connectivity index (χ2n) is 8.64. The smallest absolute Gasteiger partial charge is 0.333 e. The van der Waals surface area contributed by atoms with Crippen molar-refractivity contribution in [1.29, 1.82) is 0 Å². The van der Waals surface area contributed by atoms with Crippen molar-refractivity contribution < 1.29 is 28.2 Å². The van der Waals surface area contributed by atoms with Crippen LogP contribution < -0.4 is 0 Å². The topological polar surface area (TPSA) is 78.3 Å². The van der Waals surface area contributed by atoms with Crippen molar-refractivity contribution in [3.63, 3.8) is 0 Å². The Kier molecular flexibility index (Phi) is 4.27. The van der Waals surface area contributed by atoms with Crippen LogP contribution >= 0.6 is 0 Å². The molecule has 1 aliphatic heterocycles. The zero-order valence-electron chi connectivity index (χ0n) is 17.3. The summed E-state index contributed by atoms with van der Waals surface area (Å²) in [5.41, 5.74) is 1.49. The maximum atomic E-state index is 12.4. The Labute approximate surface area is 165 Å². The molecule has 0 radical (unpaired) electrons. The Balaban J connectivity index is 1.76. The van der Waals surface area contributed by atoms with Gasteiger partial charge in [-0.1, -0.05) is 19.9 Å². The summed E-state index contributed by atoms with van der Waals surface area (Å²) in [5.74, 6) is 0.113. The van der Waals surface area contributed by atoms with E-state index in [4.69, 9.17) is 18.6 Å². The third-order valence-electron chi connectivity index (χ3n) is 7.31. The van der Waals surface area contributed by atoms with Gasteiger partial charge in [-0.25, -0.2) is 4.79 Å². The molecule has 3 aliphatic rings. The Bertz CT molecular complexity index is 866. The lowest BCUT2D eigenvalue weighted by molar-refractivity contribution is -0.180. The number of allylic oxidation sites excluding steroid dienone is 1. The van der Waals surface area contributed by atoms with Crippen molar-refractivity contribution in [2.24, 2.45) is 11.3 Å². The summed E-state index contributed by atoms with van der Waals surface area (Å²) in [6.07, 6.45) is 3.90. The minimum absolute atomic E-state index is 0.0472. The van der Waals surface area contributed by atoms with Crippen molar-refractivity contribution in [1.82, 2.24) is 0 Å². The predicted octanol–water partition coefficient (Wildman–Crippen LogP) is 3.81. The van der Waals surface area contributed by atoms with Gasteiger partial charge in [0, 0.05) is 42.2 Å². The zero-order valence-corrected chi connectivity index (χ0v) is 17.3. The summed E-state index contributed by atoms with van der Waals surface area (Å²) in [4.78, 5) is 24.4. The van der Waals surface area contributed by atoms with E-state index in [1.54, 1.807) is 19.3 Å². The lowest BCUT2D eigenvalue weighted by atomic mass is 9.53. The molecular weight excluding hydrogens is 360 g/mol. The molecular formula is C22H28O6. The molecule has 2 aliphatic carbocycles. The molecule has 0 amide bonds. The number of carbonyl (C=O) groups excluding carboxylic acids is 2. The van der Waals surface area contributed by atoms with Crippen LogP contribution in [0.25, 0.3) is 0 Å². The zero-order chi connectivity index (χ0) is 20.4. The maximum absolute atomic E-state index is 12.4. The lowest BCUT2D eigenvalue weighted by Crippen LogP contribution is -2.58.